The van der Waals surface area contributed by atoms with E-state index in [4.69, 9.17) is 14.2 Å². The number of methoxy groups -OCH3 is 1. The number of aryl methyl sites for hydroxylation is 1. The van der Waals surface area contributed by atoms with Gasteiger partial charge in [0.05, 0.1) is 18.4 Å². The Hall–Kier alpha value is -5.11. The van der Waals surface area contributed by atoms with Crippen LogP contribution in [0.5, 0.6) is 17.2 Å². The average Bonchev–Trinajstić information content (AvgIpc) is 2.96. The zero-order chi connectivity index (χ0) is 28.5. The third-order valence-corrected chi connectivity index (χ3v) is 6.00. The molecule has 0 unspecified atom stereocenters. The van der Waals surface area contributed by atoms with Gasteiger partial charge in [-0.3, -0.25) is 14.4 Å². The minimum atomic E-state index is -0.534. The Morgan fingerprint density at radius 2 is 1.52 bits per heavy atom. The van der Waals surface area contributed by atoms with Crippen molar-refractivity contribution in [3.8, 4) is 17.2 Å². The van der Waals surface area contributed by atoms with E-state index in [1.54, 1.807) is 36.4 Å². The molecule has 0 aliphatic rings. The van der Waals surface area contributed by atoms with Crippen LogP contribution in [0.15, 0.2) is 91.0 Å². The molecule has 4 aromatic carbocycles. The number of carbonyl (C=O) groups excluding carboxylic acids is 3. The molecule has 2 amide bonds. The Bertz CT molecular complexity index is 1520. The second-order valence-corrected chi connectivity index (χ2v) is 9.03. The first kappa shape index (κ1) is 27.9. The molecule has 4 rings (SSSR count). The van der Waals surface area contributed by atoms with Gasteiger partial charge in [-0.05, 0) is 54.4 Å². The molecule has 0 saturated carbocycles. The number of ether oxygens (including phenoxy) is 3. The molecule has 0 fully saturated rings. The SMILES string of the molecule is COc1cc(C(=O)NCc2ccc(C)cc2OCc2ccccc2)ccc1NC(=O)c1ccccc1OC(C)=O. The standard InChI is InChI=1S/C32H30N2O6/c1-21-13-14-25(29(17-21)39-20-23-9-5-4-6-10-23)19-33-31(36)24-15-16-27(30(18-24)38-3)34-32(37)26-11-7-8-12-28(26)40-22(2)35/h4-18H,19-20H2,1-3H3,(H,33,36)(H,34,37). The highest BCUT2D eigenvalue weighted by Gasteiger charge is 2.17. The summed E-state index contributed by atoms with van der Waals surface area (Å²) in [6.07, 6.45) is 0. The van der Waals surface area contributed by atoms with Gasteiger partial charge in [0.2, 0.25) is 0 Å². The van der Waals surface area contributed by atoms with Crippen LogP contribution < -0.4 is 24.8 Å². The Balaban J connectivity index is 1.44. The number of nitrogens with one attached hydrogen (secondary N) is 2. The van der Waals surface area contributed by atoms with Crippen LogP contribution in [0.4, 0.5) is 5.69 Å². The zero-order valence-electron chi connectivity index (χ0n) is 22.5. The quantitative estimate of drug-likeness (QED) is 0.199. The van der Waals surface area contributed by atoms with Gasteiger partial charge < -0.3 is 24.8 Å². The minimum absolute atomic E-state index is 0.144. The van der Waals surface area contributed by atoms with Gasteiger partial charge in [-0.2, -0.15) is 0 Å². The molecule has 0 aliphatic heterocycles. The van der Waals surface area contributed by atoms with Crippen LogP contribution in [0.25, 0.3) is 0 Å². The molecule has 0 aliphatic carbocycles. The Kier molecular flexibility index (Phi) is 9.15. The van der Waals surface area contributed by atoms with Gasteiger partial charge in [0.25, 0.3) is 11.8 Å². The monoisotopic (exact) mass is 538 g/mol. The highest BCUT2D eigenvalue weighted by atomic mass is 16.5. The predicted molar refractivity (Wildman–Crippen MR) is 152 cm³/mol. The van der Waals surface area contributed by atoms with Crippen molar-refractivity contribution in [2.75, 3.05) is 12.4 Å². The number of hydrogen-bond acceptors (Lipinski definition) is 6. The van der Waals surface area contributed by atoms with Crippen LogP contribution in [-0.2, 0) is 17.9 Å². The van der Waals surface area contributed by atoms with E-state index >= 15 is 0 Å². The molecule has 40 heavy (non-hydrogen) atoms. The fraction of sp³-hybridized carbons (Fsp3) is 0.156. The smallest absolute Gasteiger partial charge is 0.308 e. The average molecular weight is 539 g/mol. The van der Waals surface area contributed by atoms with Gasteiger partial charge >= 0.3 is 5.97 Å². The highest BCUT2D eigenvalue weighted by molar-refractivity contribution is 6.07. The fourth-order valence-electron chi connectivity index (χ4n) is 3.98. The van der Waals surface area contributed by atoms with Crippen molar-refractivity contribution in [2.24, 2.45) is 0 Å². The predicted octanol–water partition coefficient (Wildman–Crippen LogP) is 5.69. The van der Waals surface area contributed by atoms with Gasteiger partial charge in [-0.25, -0.2) is 0 Å². The van der Waals surface area contributed by atoms with Crippen LogP contribution >= 0.6 is 0 Å². The Labute approximate surface area is 232 Å². The molecule has 0 bridgehead atoms. The summed E-state index contributed by atoms with van der Waals surface area (Å²) < 4.78 is 16.6. The zero-order valence-corrected chi connectivity index (χ0v) is 22.5. The lowest BCUT2D eigenvalue weighted by Crippen LogP contribution is -2.23. The summed E-state index contributed by atoms with van der Waals surface area (Å²) in [5, 5.41) is 5.68. The summed E-state index contributed by atoms with van der Waals surface area (Å²) in [4.78, 5) is 37.3. The first-order chi connectivity index (χ1) is 19.3. The van der Waals surface area contributed by atoms with Gasteiger partial charge in [-0.1, -0.05) is 54.6 Å². The van der Waals surface area contributed by atoms with E-state index in [9.17, 15) is 14.4 Å². The van der Waals surface area contributed by atoms with Crippen molar-refractivity contribution in [1.82, 2.24) is 5.32 Å². The summed E-state index contributed by atoms with van der Waals surface area (Å²) in [5.41, 5.74) is 3.84. The van der Waals surface area contributed by atoms with Crippen molar-refractivity contribution in [2.45, 2.75) is 27.0 Å². The second kappa shape index (κ2) is 13.1. The second-order valence-electron chi connectivity index (χ2n) is 9.03. The minimum Gasteiger partial charge on any atom is -0.495 e. The maximum atomic E-state index is 13.0. The van der Waals surface area contributed by atoms with Gasteiger partial charge in [0.1, 0.15) is 23.9 Å². The number of rotatable bonds is 10. The summed E-state index contributed by atoms with van der Waals surface area (Å²) in [6.45, 7) is 3.93. The first-order valence-corrected chi connectivity index (χ1v) is 12.7. The number of esters is 1. The normalized spacial score (nSPS) is 10.4. The first-order valence-electron chi connectivity index (χ1n) is 12.7. The largest absolute Gasteiger partial charge is 0.495 e. The van der Waals surface area contributed by atoms with Crippen LogP contribution in [0.2, 0.25) is 0 Å². The lowest BCUT2D eigenvalue weighted by molar-refractivity contribution is -0.131. The number of carbonyl (C=O) groups is 3. The molecular weight excluding hydrogens is 508 g/mol. The van der Waals surface area contributed by atoms with Crippen molar-refractivity contribution in [1.29, 1.82) is 0 Å². The molecule has 4 aromatic rings. The van der Waals surface area contributed by atoms with E-state index in [-0.39, 0.29) is 23.8 Å². The van der Waals surface area contributed by atoms with Crippen molar-refractivity contribution in [3.05, 3.63) is 119 Å². The topological polar surface area (TPSA) is 103 Å². The molecule has 0 aromatic heterocycles. The molecule has 8 nitrogen and oxygen atoms in total. The number of anilines is 1. The van der Waals surface area contributed by atoms with Crippen molar-refractivity contribution >= 4 is 23.5 Å². The summed E-state index contributed by atoms with van der Waals surface area (Å²) >= 11 is 0. The van der Waals surface area contributed by atoms with Crippen LogP contribution in [0, 0.1) is 6.92 Å². The molecule has 204 valence electrons. The molecule has 2 N–H and O–H groups in total. The molecule has 0 saturated heterocycles. The fourth-order valence-corrected chi connectivity index (χ4v) is 3.98. The van der Waals surface area contributed by atoms with Crippen molar-refractivity contribution < 1.29 is 28.6 Å². The number of benzene rings is 4. The van der Waals surface area contributed by atoms with E-state index < -0.39 is 11.9 Å². The summed E-state index contributed by atoms with van der Waals surface area (Å²) in [6, 6.07) is 26.9. The maximum absolute atomic E-state index is 13.0. The third kappa shape index (κ3) is 7.26. The molecule has 0 spiro atoms. The Morgan fingerprint density at radius 1 is 0.775 bits per heavy atom. The van der Waals surface area contributed by atoms with E-state index in [0.29, 0.717) is 29.4 Å². The summed E-state index contributed by atoms with van der Waals surface area (Å²) in [7, 11) is 1.45. The third-order valence-electron chi connectivity index (χ3n) is 6.00. The van der Waals surface area contributed by atoms with E-state index in [1.807, 2.05) is 55.5 Å². The van der Waals surface area contributed by atoms with Gasteiger partial charge in [0.15, 0.2) is 0 Å². The molecular formula is C32H30N2O6. The van der Waals surface area contributed by atoms with E-state index in [1.165, 1.54) is 20.1 Å². The maximum Gasteiger partial charge on any atom is 0.308 e. The lowest BCUT2D eigenvalue weighted by atomic mass is 10.1. The van der Waals surface area contributed by atoms with Gasteiger partial charge in [0, 0.05) is 24.6 Å². The number of hydrogen-bond donors (Lipinski definition) is 2. The molecule has 8 heteroatoms. The van der Waals surface area contributed by atoms with Crippen molar-refractivity contribution in [3.63, 3.8) is 0 Å². The van der Waals surface area contributed by atoms with Crippen LogP contribution in [0.1, 0.15) is 44.3 Å². The van der Waals surface area contributed by atoms with Crippen LogP contribution in [0.3, 0.4) is 0 Å². The molecule has 0 radical (unpaired) electrons. The molecule has 0 atom stereocenters. The van der Waals surface area contributed by atoms with Gasteiger partial charge in [-0.15, -0.1) is 0 Å². The van der Waals surface area contributed by atoms with E-state index in [0.717, 1.165) is 16.7 Å². The lowest BCUT2D eigenvalue weighted by Gasteiger charge is -2.15. The van der Waals surface area contributed by atoms with Crippen LogP contribution in [-0.4, -0.2) is 24.9 Å². The Morgan fingerprint density at radius 3 is 2.27 bits per heavy atom. The molecule has 0 heterocycles. The summed E-state index contributed by atoms with van der Waals surface area (Å²) in [5.74, 6) is -0.192. The number of para-hydroxylation sites is 1. The number of amides is 2. The highest BCUT2D eigenvalue weighted by Crippen LogP contribution is 2.28. The van der Waals surface area contributed by atoms with E-state index in [2.05, 4.69) is 10.6 Å².